The molecule has 2 N–H and O–H groups in total. The maximum absolute atomic E-state index is 12.4. The van der Waals surface area contributed by atoms with E-state index in [2.05, 4.69) is 21.8 Å². The number of hydrogen-bond acceptors (Lipinski definition) is 5. The summed E-state index contributed by atoms with van der Waals surface area (Å²) in [5.41, 5.74) is 0.468. The highest BCUT2D eigenvalue weighted by Crippen LogP contribution is 2.16. The standard InChI is InChI=1S/C21H36N4O2S/c1-3-4-5-6-7-8-16-25-20(27)18(19(26)23-21(25)28)17(2)22-12-11-15-24-13-9-10-14-24/h27H,3-16H2,1-2H3,(H,23,26,28). The molecule has 0 aromatic carbocycles. The zero-order valence-electron chi connectivity index (χ0n) is 17.5. The van der Waals surface area contributed by atoms with Gasteiger partial charge < -0.3 is 10.0 Å². The third-order valence-electron chi connectivity index (χ3n) is 5.45. The van der Waals surface area contributed by atoms with Gasteiger partial charge in [-0.3, -0.25) is 19.3 Å². The number of nitrogens with one attached hydrogen (secondary N) is 1. The minimum Gasteiger partial charge on any atom is -0.494 e. The summed E-state index contributed by atoms with van der Waals surface area (Å²) >= 11 is 5.26. The van der Waals surface area contributed by atoms with Gasteiger partial charge in [0.25, 0.3) is 5.56 Å². The summed E-state index contributed by atoms with van der Waals surface area (Å²) in [4.78, 5) is 22.1. The Morgan fingerprint density at radius 1 is 1.11 bits per heavy atom. The topological polar surface area (TPSA) is 73.6 Å². The van der Waals surface area contributed by atoms with Gasteiger partial charge in [0.05, 0.1) is 0 Å². The Balaban J connectivity index is 1.97. The molecule has 0 bridgehead atoms. The van der Waals surface area contributed by atoms with Gasteiger partial charge in [0, 0.05) is 18.8 Å². The molecule has 0 atom stereocenters. The van der Waals surface area contributed by atoms with E-state index in [4.69, 9.17) is 12.2 Å². The van der Waals surface area contributed by atoms with Crippen LogP contribution in [0.15, 0.2) is 9.79 Å². The number of aromatic hydroxyl groups is 1. The third kappa shape index (κ3) is 6.85. The van der Waals surface area contributed by atoms with E-state index in [1.165, 1.54) is 51.6 Å². The molecule has 0 spiro atoms. The fraction of sp³-hybridized carbons (Fsp3) is 0.762. The first-order valence-electron chi connectivity index (χ1n) is 10.8. The van der Waals surface area contributed by atoms with E-state index in [0.717, 1.165) is 25.8 Å². The molecule has 7 heteroatoms. The van der Waals surface area contributed by atoms with Gasteiger partial charge in [-0.05, 0) is 64.5 Å². The van der Waals surface area contributed by atoms with Crippen molar-refractivity contribution in [2.24, 2.45) is 4.99 Å². The van der Waals surface area contributed by atoms with E-state index >= 15 is 0 Å². The number of aliphatic imine (C=N–C) groups is 1. The van der Waals surface area contributed by atoms with Crippen LogP contribution >= 0.6 is 12.2 Å². The highest BCUT2D eigenvalue weighted by molar-refractivity contribution is 7.71. The van der Waals surface area contributed by atoms with Crippen molar-refractivity contribution >= 4 is 17.9 Å². The SMILES string of the molecule is CCCCCCCCn1c(O)c(C(C)=NCCCN2CCCC2)c(=O)[nH]c1=S. The molecule has 158 valence electrons. The van der Waals surface area contributed by atoms with Crippen LogP contribution in [0.1, 0.15) is 77.2 Å². The van der Waals surface area contributed by atoms with Crippen molar-refractivity contribution in [3.63, 3.8) is 0 Å². The van der Waals surface area contributed by atoms with E-state index in [1.54, 1.807) is 11.5 Å². The molecular weight excluding hydrogens is 372 g/mol. The normalized spacial score (nSPS) is 15.4. The number of unbranched alkanes of at least 4 members (excludes halogenated alkanes) is 5. The lowest BCUT2D eigenvalue weighted by molar-refractivity contribution is 0.336. The molecule has 2 rings (SSSR count). The Labute approximate surface area is 173 Å². The summed E-state index contributed by atoms with van der Waals surface area (Å²) in [6.45, 7) is 8.68. The lowest BCUT2D eigenvalue weighted by atomic mass is 10.1. The molecule has 1 fully saturated rings. The van der Waals surface area contributed by atoms with Crippen LogP contribution in [0, 0.1) is 4.77 Å². The lowest BCUT2D eigenvalue weighted by Crippen LogP contribution is -2.23. The highest BCUT2D eigenvalue weighted by Gasteiger charge is 2.15. The van der Waals surface area contributed by atoms with Crippen molar-refractivity contribution < 1.29 is 5.11 Å². The zero-order valence-corrected chi connectivity index (χ0v) is 18.3. The summed E-state index contributed by atoms with van der Waals surface area (Å²) in [5, 5.41) is 10.7. The minimum atomic E-state index is -0.359. The number of likely N-dealkylation sites (tertiary alicyclic amines) is 1. The van der Waals surface area contributed by atoms with Crippen LogP contribution in [0.3, 0.4) is 0 Å². The van der Waals surface area contributed by atoms with Crippen molar-refractivity contribution in [3.8, 4) is 5.88 Å². The number of aromatic amines is 1. The second kappa shape index (κ2) is 12.2. The van der Waals surface area contributed by atoms with E-state index in [1.807, 2.05) is 0 Å². The van der Waals surface area contributed by atoms with Crippen LogP contribution in [0.4, 0.5) is 0 Å². The van der Waals surface area contributed by atoms with Crippen LogP contribution in [-0.4, -0.2) is 51.4 Å². The summed E-state index contributed by atoms with van der Waals surface area (Å²) in [7, 11) is 0. The van der Waals surface area contributed by atoms with Gasteiger partial charge in [-0.25, -0.2) is 0 Å². The first-order chi connectivity index (χ1) is 13.5. The van der Waals surface area contributed by atoms with Crippen LogP contribution in [-0.2, 0) is 6.54 Å². The second-order valence-corrected chi connectivity index (χ2v) is 8.13. The smallest absolute Gasteiger partial charge is 0.264 e. The fourth-order valence-electron chi connectivity index (χ4n) is 3.77. The van der Waals surface area contributed by atoms with Gasteiger partial charge in [0.1, 0.15) is 5.56 Å². The molecule has 1 aromatic heterocycles. The summed E-state index contributed by atoms with van der Waals surface area (Å²) < 4.78 is 1.91. The maximum Gasteiger partial charge on any atom is 0.264 e. The predicted octanol–water partition coefficient (Wildman–Crippen LogP) is 4.27. The van der Waals surface area contributed by atoms with Gasteiger partial charge in [-0.15, -0.1) is 0 Å². The molecule has 1 aliphatic heterocycles. The van der Waals surface area contributed by atoms with E-state index in [0.29, 0.717) is 18.8 Å². The molecule has 0 unspecified atom stereocenters. The molecule has 1 aliphatic rings. The number of H-pyrrole nitrogens is 1. The predicted molar refractivity (Wildman–Crippen MR) is 118 cm³/mol. The molecule has 0 aliphatic carbocycles. The maximum atomic E-state index is 12.4. The summed E-state index contributed by atoms with van der Waals surface area (Å²) in [5.74, 6) is -0.0527. The fourth-order valence-corrected chi connectivity index (χ4v) is 4.04. The highest BCUT2D eigenvalue weighted by atomic mass is 32.1. The van der Waals surface area contributed by atoms with Gasteiger partial charge >= 0.3 is 0 Å². The number of nitrogens with zero attached hydrogens (tertiary/aromatic N) is 3. The first kappa shape index (κ1) is 22.8. The monoisotopic (exact) mass is 408 g/mol. The lowest BCUT2D eigenvalue weighted by Gasteiger charge is -2.14. The second-order valence-electron chi connectivity index (χ2n) is 7.75. The quantitative estimate of drug-likeness (QED) is 0.308. The summed E-state index contributed by atoms with van der Waals surface area (Å²) in [6.07, 6.45) is 10.5. The van der Waals surface area contributed by atoms with Crippen LogP contribution in [0.5, 0.6) is 5.88 Å². The molecule has 1 aromatic rings. The largest absolute Gasteiger partial charge is 0.494 e. The van der Waals surface area contributed by atoms with Crippen molar-refractivity contribution in [3.05, 3.63) is 20.7 Å². The Morgan fingerprint density at radius 3 is 2.50 bits per heavy atom. The number of hydrogen-bond donors (Lipinski definition) is 2. The Hall–Kier alpha value is -1.47. The first-order valence-corrected chi connectivity index (χ1v) is 11.2. The molecule has 28 heavy (non-hydrogen) atoms. The molecule has 0 amide bonds. The van der Waals surface area contributed by atoms with Gasteiger partial charge in [0.15, 0.2) is 4.77 Å². The Morgan fingerprint density at radius 2 is 1.79 bits per heavy atom. The van der Waals surface area contributed by atoms with Crippen molar-refractivity contribution in [2.75, 3.05) is 26.2 Å². The molecule has 2 heterocycles. The van der Waals surface area contributed by atoms with Crippen LogP contribution in [0.25, 0.3) is 0 Å². The van der Waals surface area contributed by atoms with Crippen molar-refractivity contribution in [2.45, 2.75) is 78.2 Å². The van der Waals surface area contributed by atoms with E-state index < -0.39 is 0 Å². The molecule has 0 radical (unpaired) electrons. The minimum absolute atomic E-state index is 0.0527. The molecule has 0 saturated carbocycles. The number of rotatable bonds is 12. The van der Waals surface area contributed by atoms with Crippen molar-refractivity contribution in [1.29, 1.82) is 0 Å². The molecular formula is C21H36N4O2S. The van der Waals surface area contributed by atoms with Gasteiger partial charge in [-0.2, -0.15) is 0 Å². The third-order valence-corrected chi connectivity index (χ3v) is 5.77. The summed E-state index contributed by atoms with van der Waals surface area (Å²) in [6, 6.07) is 0. The average Bonchev–Trinajstić information content (AvgIpc) is 3.17. The Bertz CT molecular complexity index is 748. The van der Waals surface area contributed by atoms with Crippen LogP contribution in [0.2, 0.25) is 0 Å². The number of aromatic nitrogens is 2. The van der Waals surface area contributed by atoms with Gasteiger partial charge in [0.2, 0.25) is 5.88 Å². The van der Waals surface area contributed by atoms with Crippen LogP contribution < -0.4 is 5.56 Å². The van der Waals surface area contributed by atoms with Crippen molar-refractivity contribution in [1.82, 2.24) is 14.5 Å². The zero-order chi connectivity index (χ0) is 20.4. The Kier molecular flexibility index (Phi) is 9.92. The van der Waals surface area contributed by atoms with E-state index in [9.17, 15) is 9.90 Å². The van der Waals surface area contributed by atoms with Gasteiger partial charge in [-0.1, -0.05) is 39.0 Å². The average molecular weight is 409 g/mol. The molecule has 1 saturated heterocycles. The van der Waals surface area contributed by atoms with E-state index in [-0.39, 0.29) is 21.8 Å². The molecule has 6 nitrogen and oxygen atoms in total.